The van der Waals surface area contributed by atoms with Gasteiger partial charge in [0.2, 0.25) is 0 Å². The average molecular weight is 284 g/mol. The van der Waals surface area contributed by atoms with E-state index in [0.29, 0.717) is 25.9 Å². The molecule has 0 heterocycles. The van der Waals surface area contributed by atoms with Crippen LogP contribution in [-0.4, -0.2) is 34.8 Å². The van der Waals surface area contributed by atoms with Gasteiger partial charge < -0.3 is 27.6 Å². The number of hydrogen-bond donors (Lipinski definition) is 0. The quantitative estimate of drug-likeness (QED) is 0.424. The Labute approximate surface area is 104 Å². The van der Waals surface area contributed by atoms with E-state index in [-0.39, 0.29) is 12.6 Å². The maximum atomic E-state index is 10.6. The molecule has 0 bridgehead atoms. The van der Waals surface area contributed by atoms with Gasteiger partial charge in [-0.2, -0.15) is 0 Å². The Morgan fingerprint density at radius 2 is 1.41 bits per heavy atom. The summed E-state index contributed by atoms with van der Waals surface area (Å²) in [5, 5.41) is 0. The summed E-state index contributed by atoms with van der Waals surface area (Å²) in [6.07, 6.45) is -0.161. The first kappa shape index (κ1) is 17.2. The first-order chi connectivity index (χ1) is 7.89. The van der Waals surface area contributed by atoms with Gasteiger partial charge in [-0.05, 0) is 33.4 Å². The first-order valence-electron chi connectivity index (χ1n) is 5.82. The van der Waals surface area contributed by atoms with Crippen molar-refractivity contribution in [2.75, 3.05) is 26.0 Å². The van der Waals surface area contributed by atoms with Gasteiger partial charge in [0.05, 0.1) is 0 Å². The molecule has 0 saturated carbocycles. The third-order valence-electron chi connectivity index (χ3n) is 2.01. The van der Waals surface area contributed by atoms with E-state index in [0.717, 1.165) is 0 Å². The lowest BCUT2D eigenvalue weighted by atomic mass is 10.6. The number of hydrogen-bond acceptors (Lipinski definition) is 6. The van der Waals surface area contributed by atoms with Gasteiger partial charge in [0.15, 0.2) is 0 Å². The van der Waals surface area contributed by atoms with Crippen LogP contribution >= 0.6 is 7.60 Å². The minimum absolute atomic E-state index is 0.219. The summed E-state index contributed by atoms with van der Waals surface area (Å²) in [4.78, 5) is 21.1. The summed E-state index contributed by atoms with van der Waals surface area (Å²) in [5.41, 5.74) is 0. The van der Waals surface area contributed by atoms with E-state index in [2.05, 4.69) is 0 Å². The zero-order valence-corrected chi connectivity index (χ0v) is 12.5. The van der Waals surface area contributed by atoms with E-state index in [1.165, 1.54) is 0 Å². The molecule has 0 aliphatic rings. The van der Waals surface area contributed by atoms with Crippen molar-refractivity contribution in [1.29, 1.82) is 0 Å². The zero-order valence-electron chi connectivity index (χ0n) is 10.6. The maximum absolute atomic E-state index is 10.6. The summed E-state index contributed by atoms with van der Waals surface area (Å²) >= 11 is 0. The van der Waals surface area contributed by atoms with Crippen LogP contribution in [-0.2, 0) is 17.8 Å². The van der Waals surface area contributed by atoms with Crippen molar-refractivity contribution in [2.24, 2.45) is 0 Å². The lowest BCUT2D eigenvalue weighted by Gasteiger charge is -2.32. The third kappa shape index (κ3) is 8.04. The first-order valence-corrected chi connectivity index (χ1v) is 9.48. The molecule has 0 N–H and O–H groups in total. The fourth-order valence-corrected chi connectivity index (χ4v) is 4.95. The molecule has 0 unspecified atom stereocenters. The molecule has 0 atom stereocenters. The summed E-state index contributed by atoms with van der Waals surface area (Å²) in [6.45, 7) is 6.81. The Bertz CT molecular complexity index is 227. The second-order valence-electron chi connectivity index (χ2n) is 3.42. The maximum Gasteiger partial charge on any atom is 0.500 e. The van der Waals surface area contributed by atoms with Crippen LogP contribution in [0.3, 0.4) is 0 Å². The molecule has 0 fully saturated rings. The lowest BCUT2D eigenvalue weighted by Crippen LogP contribution is -2.46. The van der Waals surface area contributed by atoms with Gasteiger partial charge in [-0.1, -0.05) is 7.60 Å². The highest BCUT2D eigenvalue weighted by atomic mass is 31.2. The van der Waals surface area contributed by atoms with Crippen LogP contribution < -0.4 is 9.79 Å². The van der Waals surface area contributed by atoms with Crippen molar-refractivity contribution in [2.45, 2.75) is 33.2 Å². The number of rotatable bonds is 10. The summed E-state index contributed by atoms with van der Waals surface area (Å²) in [5.74, 6) is 0. The fourth-order valence-electron chi connectivity index (χ4n) is 1.49. The van der Waals surface area contributed by atoms with Crippen molar-refractivity contribution >= 4 is 16.4 Å². The van der Waals surface area contributed by atoms with Crippen molar-refractivity contribution in [3.63, 3.8) is 0 Å². The molecule has 0 rings (SSSR count). The Balaban J connectivity index is 4.38. The molecular weight excluding hydrogens is 263 g/mol. The molecule has 0 amide bonds. The zero-order chi connectivity index (χ0) is 13.4. The average Bonchev–Trinajstić information content (AvgIpc) is 2.16. The molecule has 17 heavy (non-hydrogen) atoms. The standard InChI is InChI=1S/C9H23O6PSi/c1-4-13-17(14-5-2,15-6-3)9-7-8-16(10,11)12/h4-9H2,1-3H3,(H2,10,11,12)/p-2. The van der Waals surface area contributed by atoms with Crippen molar-refractivity contribution < 1.29 is 27.6 Å². The predicted octanol–water partition coefficient (Wildman–Crippen LogP) is 0.339. The van der Waals surface area contributed by atoms with Gasteiger partial charge in [0.1, 0.15) is 0 Å². The Kier molecular flexibility index (Phi) is 8.49. The monoisotopic (exact) mass is 284 g/mol. The smallest absolute Gasteiger partial charge is 0.500 e. The molecule has 0 aromatic heterocycles. The SMILES string of the molecule is CCO[Si](CCCP(=O)([O-])[O-])(OCC)OCC. The Hall–Kier alpha value is 0.247. The highest BCUT2D eigenvalue weighted by Gasteiger charge is 2.39. The molecule has 6 nitrogen and oxygen atoms in total. The minimum atomic E-state index is -4.45. The van der Waals surface area contributed by atoms with Crippen LogP contribution in [0.5, 0.6) is 0 Å². The van der Waals surface area contributed by atoms with Gasteiger partial charge >= 0.3 is 8.80 Å². The third-order valence-corrected chi connectivity index (χ3v) is 6.02. The molecule has 104 valence electrons. The van der Waals surface area contributed by atoms with E-state index >= 15 is 0 Å². The molecule has 0 aliphatic carbocycles. The van der Waals surface area contributed by atoms with Crippen molar-refractivity contribution in [3.05, 3.63) is 0 Å². The molecule has 0 radical (unpaired) electrons. The van der Waals surface area contributed by atoms with Gasteiger partial charge in [-0.25, -0.2) is 0 Å². The topological polar surface area (TPSA) is 90.9 Å². The van der Waals surface area contributed by atoms with Gasteiger partial charge in [0.25, 0.3) is 0 Å². The molecule has 0 aromatic carbocycles. The van der Waals surface area contributed by atoms with E-state index in [9.17, 15) is 14.4 Å². The molecule has 8 heteroatoms. The minimum Gasteiger partial charge on any atom is -0.811 e. The molecule has 0 saturated heterocycles. The molecule has 0 aromatic rings. The summed E-state index contributed by atoms with van der Waals surface area (Å²) in [6, 6.07) is 0.358. The summed E-state index contributed by atoms with van der Waals surface area (Å²) in [7, 11) is -7.25. The van der Waals surface area contributed by atoms with E-state index in [1.54, 1.807) is 0 Å². The van der Waals surface area contributed by atoms with Gasteiger partial charge in [0, 0.05) is 25.9 Å². The van der Waals surface area contributed by atoms with Crippen LogP contribution in [0.4, 0.5) is 0 Å². The fraction of sp³-hybridized carbons (Fsp3) is 1.00. The molecule has 0 spiro atoms. The van der Waals surface area contributed by atoms with Crippen LogP contribution in [0.25, 0.3) is 0 Å². The van der Waals surface area contributed by atoms with Crippen LogP contribution in [0, 0.1) is 0 Å². The molecular formula is C9H21O6PSi-2. The van der Waals surface area contributed by atoms with Gasteiger partial charge in [-0.15, -0.1) is 0 Å². The second-order valence-corrected chi connectivity index (χ2v) is 7.82. The highest BCUT2D eigenvalue weighted by Crippen LogP contribution is 2.27. The largest absolute Gasteiger partial charge is 0.811 e. The van der Waals surface area contributed by atoms with E-state index in [4.69, 9.17) is 13.3 Å². The second kappa shape index (κ2) is 8.37. The molecule has 0 aliphatic heterocycles. The van der Waals surface area contributed by atoms with Crippen LogP contribution in [0.1, 0.15) is 27.2 Å². The normalized spacial score (nSPS) is 13.0. The highest BCUT2D eigenvalue weighted by molar-refractivity contribution is 7.48. The summed E-state index contributed by atoms with van der Waals surface area (Å²) < 4.78 is 27.1. The van der Waals surface area contributed by atoms with Crippen LogP contribution in [0.2, 0.25) is 6.04 Å². The predicted molar refractivity (Wildman–Crippen MR) is 62.5 cm³/mol. The van der Waals surface area contributed by atoms with Crippen LogP contribution in [0.15, 0.2) is 0 Å². The Morgan fingerprint density at radius 3 is 1.71 bits per heavy atom. The van der Waals surface area contributed by atoms with Crippen molar-refractivity contribution in [3.8, 4) is 0 Å². The Morgan fingerprint density at radius 1 is 1.00 bits per heavy atom. The van der Waals surface area contributed by atoms with Crippen molar-refractivity contribution in [1.82, 2.24) is 0 Å². The van der Waals surface area contributed by atoms with Gasteiger partial charge in [-0.3, -0.25) is 0 Å². The van der Waals surface area contributed by atoms with E-state index in [1.807, 2.05) is 20.8 Å². The lowest BCUT2D eigenvalue weighted by molar-refractivity contribution is -0.313. The van der Waals surface area contributed by atoms with E-state index < -0.39 is 16.4 Å².